The fraction of sp³-hybridized carbons (Fsp3) is 1.00. The molecule has 1 aliphatic rings. The second-order valence-corrected chi connectivity index (χ2v) is 10.7. The zero-order valence-electron chi connectivity index (χ0n) is 21.6. The Morgan fingerprint density at radius 3 is 2.00 bits per heavy atom. The SMILES string of the molecule is CCCC(CCC)C(CC)CC(C(C)C)N(C)C(C)NC1CCC(CC)CC1C. The van der Waals surface area contributed by atoms with Gasteiger partial charge in [0.05, 0.1) is 6.17 Å². The van der Waals surface area contributed by atoms with E-state index in [2.05, 4.69) is 72.7 Å². The van der Waals surface area contributed by atoms with Crippen molar-refractivity contribution >= 4 is 0 Å². The van der Waals surface area contributed by atoms with Crippen LogP contribution in [-0.2, 0) is 0 Å². The van der Waals surface area contributed by atoms with Gasteiger partial charge in [0.2, 0.25) is 0 Å². The first kappa shape index (κ1) is 27.0. The third-order valence-electron chi connectivity index (χ3n) is 8.27. The monoisotopic (exact) mass is 408 g/mol. The Balaban J connectivity index is 2.75. The summed E-state index contributed by atoms with van der Waals surface area (Å²) in [6.07, 6.45) is 14.2. The average molecular weight is 409 g/mol. The molecule has 174 valence electrons. The van der Waals surface area contributed by atoms with E-state index < -0.39 is 0 Å². The number of nitrogens with zero attached hydrogens (tertiary/aromatic N) is 1. The van der Waals surface area contributed by atoms with Crippen molar-refractivity contribution in [2.24, 2.45) is 29.6 Å². The molecule has 1 aliphatic carbocycles. The molecule has 29 heavy (non-hydrogen) atoms. The van der Waals surface area contributed by atoms with Gasteiger partial charge in [-0.05, 0) is 69.2 Å². The standard InChI is InChI=1S/C27H56N2/c1-10-14-25(15-11-2)24(13-4)19-27(20(5)6)29(9)22(8)28-26-17-16-23(12-3)18-21(26)7/h20-28H,10-19H2,1-9H3. The molecule has 6 unspecified atom stereocenters. The van der Waals surface area contributed by atoms with Crippen LogP contribution in [0.25, 0.3) is 0 Å². The van der Waals surface area contributed by atoms with Gasteiger partial charge >= 0.3 is 0 Å². The normalized spacial score (nSPS) is 26.3. The zero-order chi connectivity index (χ0) is 22.0. The molecule has 6 atom stereocenters. The van der Waals surface area contributed by atoms with Gasteiger partial charge in [-0.15, -0.1) is 0 Å². The van der Waals surface area contributed by atoms with Crippen molar-refractivity contribution < 1.29 is 0 Å². The summed E-state index contributed by atoms with van der Waals surface area (Å²) in [6, 6.07) is 1.36. The van der Waals surface area contributed by atoms with Crippen molar-refractivity contribution in [2.45, 2.75) is 138 Å². The average Bonchev–Trinajstić information content (AvgIpc) is 2.69. The lowest BCUT2D eigenvalue weighted by Crippen LogP contribution is -2.54. The summed E-state index contributed by atoms with van der Waals surface area (Å²) in [7, 11) is 2.38. The molecule has 1 N–H and O–H groups in total. The Morgan fingerprint density at radius 2 is 1.55 bits per heavy atom. The fourth-order valence-electron chi connectivity index (χ4n) is 6.11. The summed E-state index contributed by atoms with van der Waals surface area (Å²) in [5.74, 6) is 4.26. The predicted molar refractivity (Wildman–Crippen MR) is 131 cm³/mol. The van der Waals surface area contributed by atoms with Gasteiger partial charge in [-0.25, -0.2) is 0 Å². The second-order valence-electron chi connectivity index (χ2n) is 10.7. The molecule has 0 aromatic rings. The Kier molecular flexibility index (Phi) is 13.1. The Hall–Kier alpha value is -0.0800. The van der Waals surface area contributed by atoms with Gasteiger partial charge in [-0.1, -0.05) is 87.0 Å². The molecular formula is C27H56N2. The highest BCUT2D eigenvalue weighted by molar-refractivity contribution is 4.86. The van der Waals surface area contributed by atoms with E-state index >= 15 is 0 Å². The lowest BCUT2D eigenvalue weighted by molar-refractivity contribution is 0.0685. The van der Waals surface area contributed by atoms with Crippen molar-refractivity contribution in [3.8, 4) is 0 Å². The van der Waals surface area contributed by atoms with Gasteiger partial charge < -0.3 is 0 Å². The molecule has 2 heteroatoms. The Morgan fingerprint density at radius 1 is 0.931 bits per heavy atom. The van der Waals surface area contributed by atoms with Crippen molar-refractivity contribution in [3.63, 3.8) is 0 Å². The minimum absolute atomic E-state index is 0.460. The van der Waals surface area contributed by atoms with Crippen LogP contribution in [0.5, 0.6) is 0 Å². The van der Waals surface area contributed by atoms with E-state index in [4.69, 9.17) is 0 Å². The third-order valence-corrected chi connectivity index (χ3v) is 8.27. The molecule has 0 bridgehead atoms. The van der Waals surface area contributed by atoms with Crippen LogP contribution in [0.4, 0.5) is 0 Å². The van der Waals surface area contributed by atoms with E-state index in [1.165, 1.54) is 64.2 Å². The Bertz CT molecular complexity index is 401. The molecule has 0 radical (unpaired) electrons. The number of nitrogens with one attached hydrogen (secondary N) is 1. The summed E-state index contributed by atoms with van der Waals surface area (Å²) in [4.78, 5) is 2.68. The van der Waals surface area contributed by atoms with Crippen LogP contribution < -0.4 is 5.32 Å². The lowest BCUT2D eigenvalue weighted by atomic mass is 9.77. The molecule has 0 spiro atoms. The van der Waals surface area contributed by atoms with Gasteiger partial charge in [0.25, 0.3) is 0 Å². The van der Waals surface area contributed by atoms with Gasteiger partial charge in [0.1, 0.15) is 0 Å². The molecule has 1 fully saturated rings. The fourth-order valence-corrected chi connectivity index (χ4v) is 6.11. The van der Waals surface area contributed by atoms with E-state index in [-0.39, 0.29) is 0 Å². The van der Waals surface area contributed by atoms with Gasteiger partial charge in [-0.2, -0.15) is 0 Å². The van der Waals surface area contributed by atoms with E-state index in [0.29, 0.717) is 24.2 Å². The van der Waals surface area contributed by atoms with E-state index in [0.717, 1.165) is 23.7 Å². The first-order chi connectivity index (χ1) is 13.8. The smallest absolute Gasteiger partial charge is 0.0570 e. The zero-order valence-corrected chi connectivity index (χ0v) is 21.6. The number of hydrogen-bond acceptors (Lipinski definition) is 2. The summed E-state index contributed by atoms with van der Waals surface area (Å²) in [5, 5.41) is 4.05. The molecule has 1 saturated carbocycles. The van der Waals surface area contributed by atoms with Crippen LogP contribution in [0.3, 0.4) is 0 Å². The Labute approximate surface area is 185 Å². The number of hydrogen-bond donors (Lipinski definition) is 1. The topological polar surface area (TPSA) is 15.3 Å². The molecular weight excluding hydrogens is 352 g/mol. The van der Waals surface area contributed by atoms with Crippen LogP contribution in [0.1, 0.15) is 120 Å². The van der Waals surface area contributed by atoms with Crippen molar-refractivity contribution in [3.05, 3.63) is 0 Å². The van der Waals surface area contributed by atoms with E-state index in [1.54, 1.807) is 0 Å². The largest absolute Gasteiger partial charge is 0.299 e. The van der Waals surface area contributed by atoms with Crippen molar-refractivity contribution in [1.82, 2.24) is 10.2 Å². The highest BCUT2D eigenvalue weighted by atomic mass is 15.3. The number of rotatable bonds is 14. The van der Waals surface area contributed by atoms with Crippen LogP contribution in [0, 0.1) is 29.6 Å². The minimum Gasteiger partial charge on any atom is -0.299 e. The highest BCUT2D eigenvalue weighted by Crippen LogP contribution is 2.34. The van der Waals surface area contributed by atoms with E-state index in [9.17, 15) is 0 Å². The molecule has 0 aromatic heterocycles. The highest BCUT2D eigenvalue weighted by Gasteiger charge is 2.32. The summed E-state index contributed by atoms with van der Waals surface area (Å²) >= 11 is 0. The maximum absolute atomic E-state index is 4.05. The molecule has 0 heterocycles. The molecule has 0 saturated heterocycles. The lowest BCUT2D eigenvalue weighted by Gasteiger charge is -2.43. The van der Waals surface area contributed by atoms with Crippen molar-refractivity contribution in [1.29, 1.82) is 0 Å². The first-order valence-corrected chi connectivity index (χ1v) is 13.3. The predicted octanol–water partition coefficient (Wildman–Crippen LogP) is 7.73. The second kappa shape index (κ2) is 14.1. The summed E-state index contributed by atoms with van der Waals surface area (Å²) < 4.78 is 0. The van der Waals surface area contributed by atoms with Gasteiger partial charge in [0, 0.05) is 12.1 Å². The minimum atomic E-state index is 0.460. The summed E-state index contributed by atoms with van der Waals surface area (Å²) in [6.45, 7) is 19.3. The van der Waals surface area contributed by atoms with Crippen LogP contribution in [0.2, 0.25) is 0 Å². The maximum Gasteiger partial charge on any atom is 0.0570 e. The van der Waals surface area contributed by atoms with Crippen LogP contribution in [-0.4, -0.2) is 30.2 Å². The van der Waals surface area contributed by atoms with Gasteiger partial charge in [-0.3, -0.25) is 10.2 Å². The summed E-state index contributed by atoms with van der Waals surface area (Å²) in [5.41, 5.74) is 0. The molecule has 1 rings (SSSR count). The van der Waals surface area contributed by atoms with Gasteiger partial charge in [0.15, 0.2) is 0 Å². The maximum atomic E-state index is 4.05. The third kappa shape index (κ3) is 8.52. The first-order valence-electron chi connectivity index (χ1n) is 13.3. The van der Waals surface area contributed by atoms with Crippen molar-refractivity contribution in [2.75, 3.05) is 7.05 Å². The van der Waals surface area contributed by atoms with Crippen LogP contribution in [0.15, 0.2) is 0 Å². The quantitative estimate of drug-likeness (QED) is 0.296. The molecule has 0 amide bonds. The van der Waals surface area contributed by atoms with Crippen LogP contribution >= 0.6 is 0 Å². The van der Waals surface area contributed by atoms with E-state index in [1.807, 2.05) is 0 Å². The molecule has 0 aliphatic heterocycles. The molecule has 2 nitrogen and oxygen atoms in total. The molecule has 0 aromatic carbocycles.